The van der Waals surface area contributed by atoms with Crippen LogP contribution in [0.25, 0.3) is 0 Å². The molecule has 0 saturated carbocycles. The van der Waals surface area contributed by atoms with Crippen LogP contribution in [0.2, 0.25) is 0 Å². The van der Waals surface area contributed by atoms with Gasteiger partial charge < -0.3 is 125 Å². The third-order valence-corrected chi connectivity index (χ3v) is 16.1. The summed E-state index contributed by atoms with van der Waals surface area (Å²) in [4.78, 5) is 63.7. The zero-order valence-electron chi connectivity index (χ0n) is 50.3. The highest BCUT2D eigenvalue weighted by atomic mass is 32.3. The number of hydrogen-bond donors (Lipinski definition) is 17. The van der Waals surface area contributed by atoms with Crippen molar-refractivity contribution in [1.29, 1.82) is 0 Å². The molecule has 0 spiro atoms. The van der Waals surface area contributed by atoms with E-state index in [0.29, 0.717) is 6.42 Å². The van der Waals surface area contributed by atoms with E-state index in [1.54, 1.807) is 0 Å². The topological polar surface area (TPSA) is 515 Å². The highest BCUT2D eigenvalue weighted by Gasteiger charge is 2.58. The number of carbonyl (C=O) groups is 5. The molecule has 514 valence electrons. The number of hydrogen-bond acceptors (Lipinski definition) is 28. The molecular formula is C54H93N5O29S. The number of unbranched alkanes of at least 4 members (excludes halogenated alkanes) is 9. The first-order chi connectivity index (χ1) is 42.2. The molecule has 0 aromatic rings. The molecule has 0 bridgehead atoms. The van der Waals surface area contributed by atoms with Gasteiger partial charge in [-0.05, 0) is 32.1 Å². The molecular weight excluding hydrogens is 1210 g/mol. The average Bonchev–Trinajstić information content (AvgIpc) is 0.983. The lowest BCUT2D eigenvalue weighted by Gasteiger charge is -2.51. The van der Waals surface area contributed by atoms with Gasteiger partial charge in [-0.25, -0.2) is 4.18 Å². The standard InChI is InChI=1S/C54H93N5O29S/c1-6-7-8-9-10-11-12-13-14-15-16-17-18-19-34(68)59-36-41(70)40(69)29(20-60)81-51(36)85-46-30(21-61)82-52(37(43(46)72)56-26(3)65)86-47-31(22-62)83-53(38(44(47)73)57-27(4)66)87-48-32(23-63)84-54(39(45(48)74)58-28(5)67)88-49-33(24-79-89(76,77)78)80-50(75)35(42(49)71)55-25(2)64/h11-12,29-33,35-54,60-63,69-75H,6-10,13-24H2,1-5H3,(H,55,64)(H,56,65)(H,57,66)(H,58,67)(H,59,68)(H,76,77,78)/b12-11-/t29?,30?,31?,32?,33?,35?,36?,37?,38-,39?,40+,41?,42?,43?,44?,45?,46+,47+,48+,49-,50+,51-,52-,53-,54-/m0/s1. The van der Waals surface area contributed by atoms with E-state index in [0.717, 1.165) is 66.2 Å². The molecule has 34 nitrogen and oxygen atoms in total. The van der Waals surface area contributed by atoms with Crippen LogP contribution in [0, 0.1) is 0 Å². The molecule has 5 rings (SSSR count). The van der Waals surface area contributed by atoms with Crippen molar-refractivity contribution in [2.45, 2.75) is 265 Å². The van der Waals surface area contributed by atoms with E-state index in [1.165, 1.54) is 25.7 Å². The molecule has 5 fully saturated rings. The van der Waals surface area contributed by atoms with Gasteiger partial charge in [-0.2, -0.15) is 8.42 Å². The van der Waals surface area contributed by atoms with Crippen LogP contribution < -0.4 is 26.6 Å². The van der Waals surface area contributed by atoms with E-state index in [4.69, 9.17) is 42.6 Å². The summed E-state index contributed by atoms with van der Waals surface area (Å²) in [6.07, 6.45) is -21.9. The van der Waals surface area contributed by atoms with E-state index < -0.39 is 226 Å². The first-order valence-electron chi connectivity index (χ1n) is 29.9. The quantitative estimate of drug-likeness (QED) is 0.0165. The summed E-state index contributed by atoms with van der Waals surface area (Å²) in [6.45, 7) is 1.17. The second-order valence-corrected chi connectivity index (χ2v) is 23.7. The number of carbonyl (C=O) groups excluding carboxylic acids is 5. The molecule has 5 aliphatic rings. The van der Waals surface area contributed by atoms with Crippen molar-refractivity contribution in [3.63, 3.8) is 0 Å². The number of amides is 5. The van der Waals surface area contributed by atoms with Crippen molar-refractivity contribution >= 4 is 39.9 Å². The Labute approximate surface area is 515 Å². The van der Waals surface area contributed by atoms with Crippen LogP contribution in [0.4, 0.5) is 0 Å². The van der Waals surface area contributed by atoms with Gasteiger partial charge in [-0.1, -0.05) is 57.6 Å². The van der Waals surface area contributed by atoms with Crippen molar-refractivity contribution in [1.82, 2.24) is 26.6 Å². The molecule has 35 heteroatoms. The van der Waals surface area contributed by atoms with Crippen molar-refractivity contribution < 1.29 is 140 Å². The average molecular weight is 1310 g/mol. The summed E-state index contributed by atoms with van der Waals surface area (Å²) >= 11 is 0. The van der Waals surface area contributed by atoms with Gasteiger partial charge in [0.2, 0.25) is 29.5 Å². The molecule has 5 amide bonds. The van der Waals surface area contributed by atoms with Crippen LogP contribution >= 0.6 is 0 Å². The molecule has 0 aromatic carbocycles. The summed E-state index contributed by atoms with van der Waals surface area (Å²) in [5.74, 6) is -3.87. The maximum absolute atomic E-state index is 13.4. The van der Waals surface area contributed by atoms with Gasteiger partial charge in [0, 0.05) is 34.1 Å². The van der Waals surface area contributed by atoms with Gasteiger partial charge in [0.05, 0.1) is 33.0 Å². The fourth-order valence-corrected chi connectivity index (χ4v) is 11.5. The number of aliphatic hydroxyl groups is 11. The van der Waals surface area contributed by atoms with Gasteiger partial charge in [-0.15, -0.1) is 0 Å². The number of aliphatic hydroxyl groups excluding tert-OH is 11. The Morgan fingerprint density at radius 3 is 1.15 bits per heavy atom. The van der Waals surface area contributed by atoms with Crippen LogP contribution in [-0.2, 0) is 81.2 Å². The summed E-state index contributed by atoms with van der Waals surface area (Å²) in [5.41, 5.74) is 0. The molecule has 0 radical (unpaired) electrons. The highest BCUT2D eigenvalue weighted by molar-refractivity contribution is 7.80. The second kappa shape index (κ2) is 36.6. The van der Waals surface area contributed by atoms with E-state index in [1.807, 2.05) is 0 Å². The van der Waals surface area contributed by atoms with E-state index in [-0.39, 0.29) is 6.42 Å². The molecule has 5 aliphatic heterocycles. The molecule has 89 heavy (non-hydrogen) atoms. The summed E-state index contributed by atoms with van der Waals surface area (Å²) < 4.78 is 90.5. The first-order valence-corrected chi connectivity index (χ1v) is 31.3. The van der Waals surface area contributed by atoms with Crippen LogP contribution in [0.1, 0.15) is 112 Å². The Morgan fingerprint density at radius 1 is 0.427 bits per heavy atom. The lowest BCUT2D eigenvalue weighted by atomic mass is 9.93. The Balaban J connectivity index is 1.32. The van der Waals surface area contributed by atoms with E-state index in [2.05, 4.69) is 49.8 Å². The lowest BCUT2D eigenvalue weighted by molar-refractivity contribution is -0.367. The normalized spacial score (nSPS) is 37.7. The predicted octanol–water partition coefficient (Wildman–Crippen LogP) is -6.14. The number of rotatable bonds is 33. The fraction of sp³-hybridized carbons (Fsp3) is 0.870. The Bertz CT molecular complexity index is 2350. The molecule has 5 saturated heterocycles. The third kappa shape index (κ3) is 21.9. The Hall–Kier alpha value is -3.84. The molecule has 0 aliphatic carbocycles. The van der Waals surface area contributed by atoms with Crippen molar-refractivity contribution in [3.8, 4) is 0 Å². The summed E-state index contributed by atoms with van der Waals surface area (Å²) in [5, 5.41) is 135. The number of allylic oxidation sites excluding steroid dienone is 2. The van der Waals surface area contributed by atoms with Gasteiger partial charge in [-0.3, -0.25) is 28.5 Å². The maximum atomic E-state index is 13.4. The summed E-state index contributed by atoms with van der Waals surface area (Å²) in [6, 6.07) is -8.53. The number of nitrogens with one attached hydrogen (secondary N) is 5. The van der Waals surface area contributed by atoms with Crippen LogP contribution in [-0.4, -0.2) is 285 Å². The monoisotopic (exact) mass is 1310 g/mol. The molecule has 14 unspecified atom stereocenters. The van der Waals surface area contributed by atoms with Crippen LogP contribution in [0.3, 0.4) is 0 Å². The van der Waals surface area contributed by atoms with E-state index >= 15 is 0 Å². The zero-order chi connectivity index (χ0) is 65.9. The van der Waals surface area contributed by atoms with Crippen molar-refractivity contribution in [2.75, 3.05) is 33.0 Å². The lowest BCUT2D eigenvalue weighted by Crippen LogP contribution is -2.72. The van der Waals surface area contributed by atoms with Gasteiger partial charge in [0.25, 0.3) is 0 Å². The predicted molar refractivity (Wildman–Crippen MR) is 299 cm³/mol. The van der Waals surface area contributed by atoms with Gasteiger partial charge >= 0.3 is 10.4 Å². The highest BCUT2D eigenvalue weighted by Crippen LogP contribution is 2.36. The zero-order valence-corrected chi connectivity index (χ0v) is 51.1. The van der Waals surface area contributed by atoms with E-state index in [9.17, 15) is 93.1 Å². The van der Waals surface area contributed by atoms with Crippen LogP contribution in [0.15, 0.2) is 12.2 Å². The molecule has 0 aromatic heterocycles. The fourth-order valence-electron chi connectivity index (χ4n) is 11.2. The minimum Gasteiger partial charge on any atom is -0.394 e. The van der Waals surface area contributed by atoms with Crippen LogP contribution in [0.5, 0.6) is 0 Å². The second-order valence-electron chi connectivity index (χ2n) is 22.7. The minimum absolute atomic E-state index is 0.00691. The summed E-state index contributed by atoms with van der Waals surface area (Å²) in [7, 11) is -5.19. The largest absolute Gasteiger partial charge is 0.397 e. The minimum atomic E-state index is -5.19. The number of ether oxygens (including phenoxy) is 9. The Kier molecular flexibility index (Phi) is 31.2. The Morgan fingerprint density at radius 2 is 0.764 bits per heavy atom. The van der Waals surface area contributed by atoms with Gasteiger partial charge in [0.15, 0.2) is 31.5 Å². The van der Waals surface area contributed by atoms with Crippen molar-refractivity contribution in [3.05, 3.63) is 12.2 Å². The molecule has 5 heterocycles. The van der Waals surface area contributed by atoms with Gasteiger partial charge in [0.1, 0.15) is 122 Å². The molecule has 25 atom stereocenters. The maximum Gasteiger partial charge on any atom is 0.397 e. The smallest absolute Gasteiger partial charge is 0.394 e. The molecule has 17 N–H and O–H groups in total. The SMILES string of the molecule is CCCCCC/C=C\CCCCCCCC(=O)NC1C(O)[C@H](O)C(CO)O[C@H]1O[C@@H]1C(CO)O[C@@H](O[C@@H]2C(CO)O[C@@H](O[C@@H]3C(CO)O[C@@H](O[C@H]4C(COS(=O)(=O)O)O[C@@H](O)C(NC(C)=O)C4O)C(NC(C)=O)C3O)[C@@H](NC(C)=O)C2O)C(NC(C)=O)C1O. The third-order valence-electron chi connectivity index (χ3n) is 15.7. The van der Waals surface area contributed by atoms with Crippen molar-refractivity contribution in [2.24, 2.45) is 0 Å². The first kappa shape index (κ1) is 75.9.